The van der Waals surface area contributed by atoms with E-state index in [1.165, 1.54) is 0 Å². The van der Waals surface area contributed by atoms with Crippen molar-refractivity contribution in [3.63, 3.8) is 0 Å². The van der Waals surface area contributed by atoms with Crippen LogP contribution in [0, 0.1) is 11.8 Å². The fourth-order valence-electron chi connectivity index (χ4n) is 1.97. The molecule has 0 spiro atoms. The Bertz CT molecular complexity index is 255. The third kappa shape index (κ3) is 3.87. The largest absolute Gasteiger partial charge is 0.481 e. The van der Waals surface area contributed by atoms with E-state index >= 15 is 0 Å². The van der Waals surface area contributed by atoms with Gasteiger partial charge in [-0.3, -0.25) is 9.59 Å². The highest BCUT2D eigenvalue weighted by Crippen LogP contribution is 2.20. The Balaban J connectivity index is 2.30. The number of nitrogens with zero attached hydrogens (tertiary/aromatic N) is 1. The lowest BCUT2D eigenvalue weighted by Gasteiger charge is -2.18. The van der Waals surface area contributed by atoms with E-state index < -0.39 is 5.97 Å². The van der Waals surface area contributed by atoms with Gasteiger partial charge in [0.25, 0.3) is 0 Å². The molecule has 0 aliphatic carbocycles. The molecule has 0 saturated carbocycles. The number of hydrogen-bond acceptors (Lipinski definition) is 3. The smallest absolute Gasteiger partial charge is 0.303 e. The molecule has 1 heterocycles. The summed E-state index contributed by atoms with van der Waals surface area (Å²) in [5, 5.41) is 8.64. The summed E-state index contributed by atoms with van der Waals surface area (Å²) in [4.78, 5) is 23.5. The van der Waals surface area contributed by atoms with Gasteiger partial charge in [0.2, 0.25) is 5.91 Å². The molecule has 0 aromatic rings. The number of carbonyl (C=O) groups excluding carboxylic acids is 1. The number of hydrogen-bond donors (Lipinski definition) is 2. The Morgan fingerprint density at radius 2 is 2.27 bits per heavy atom. The molecule has 5 heteroatoms. The van der Waals surface area contributed by atoms with E-state index in [-0.39, 0.29) is 24.2 Å². The molecular formula is C10H18N2O3. The van der Waals surface area contributed by atoms with Gasteiger partial charge in [0.1, 0.15) is 0 Å². The van der Waals surface area contributed by atoms with Crippen molar-refractivity contribution < 1.29 is 14.7 Å². The average Bonchev–Trinajstić information content (AvgIpc) is 2.51. The van der Waals surface area contributed by atoms with Crippen LogP contribution < -0.4 is 5.73 Å². The molecule has 15 heavy (non-hydrogen) atoms. The highest BCUT2D eigenvalue weighted by Gasteiger charge is 2.26. The molecule has 3 N–H and O–H groups in total. The zero-order chi connectivity index (χ0) is 11.4. The minimum absolute atomic E-state index is 0.159. The lowest BCUT2D eigenvalue weighted by Crippen LogP contribution is -2.33. The number of carbonyl (C=O) groups is 2. The van der Waals surface area contributed by atoms with E-state index in [0.717, 1.165) is 19.5 Å². The number of aliphatic carboxylic acids is 1. The molecule has 0 radical (unpaired) electrons. The summed E-state index contributed by atoms with van der Waals surface area (Å²) in [5.74, 6) is -0.974. The Morgan fingerprint density at radius 3 is 2.80 bits per heavy atom. The van der Waals surface area contributed by atoms with Gasteiger partial charge in [-0.2, -0.15) is 0 Å². The van der Waals surface area contributed by atoms with Crippen molar-refractivity contribution in [3.8, 4) is 0 Å². The van der Waals surface area contributed by atoms with E-state index in [2.05, 4.69) is 4.90 Å². The molecule has 1 saturated heterocycles. The van der Waals surface area contributed by atoms with Crippen molar-refractivity contribution in [2.75, 3.05) is 19.6 Å². The maximum absolute atomic E-state index is 10.8. The standard InChI is InChI=1S/C10H18N2O3/c1-7(10(11)15)5-12-3-2-8(6-12)4-9(13)14/h7-8H,2-6H2,1H3,(H2,11,15)(H,13,14). The van der Waals surface area contributed by atoms with Gasteiger partial charge >= 0.3 is 5.97 Å². The number of primary amides is 1. The quantitative estimate of drug-likeness (QED) is 0.669. The monoisotopic (exact) mass is 214 g/mol. The second-order valence-electron chi connectivity index (χ2n) is 4.32. The van der Waals surface area contributed by atoms with Crippen LogP contribution in [0.3, 0.4) is 0 Å². The van der Waals surface area contributed by atoms with Crippen molar-refractivity contribution in [2.24, 2.45) is 17.6 Å². The summed E-state index contributed by atoms with van der Waals surface area (Å²) in [6.07, 6.45) is 1.12. The Labute approximate surface area is 89.2 Å². The molecule has 5 nitrogen and oxygen atoms in total. The molecule has 0 bridgehead atoms. The molecule has 2 atom stereocenters. The Hall–Kier alpha value is -1.10. The van der Waals surface area contributed by atoms with Gasteiger partial charge in [0, 0.05) is 25.4 Å². The van der Waals surface area contributed by atoms with Crippen LogP contribution in [0.5, 0.6) is 0 Å². The second kappa shape index (κ2) is 5.11. The second-order valence-corrected chi connectivity index (χ2v) is 4.32. The number of carboxylic acid groups (broad SMARTS) is 1. The van der Waals surface area contributed by atoms with Crippen LogP contribution in [0.15, 0.2) is 0 Å². The number of nitrogens with two attached hydrogens (primary N) is 1. The summed E-state index contributed by atoms with van der Waals surface area (Å²) in [6.45, 7) is 4.08. The van der Waals surface area contributed by atoms with Gasteiger partial charge < -0.3 is 15.7 Å². The zero-order valence-electron chi connectivity index (χ0n) is 8.98. The zero-order valence-corrected chi connectivity index (χ0v) is 8.98. The minimum Gasteiger partial charge on any atom is -0.481 e. The topological polar surface area (TPSA) is 83.6 Å². The number of carboxylic acids is 1. The molecule has 1 aliphatic rings. The van der Waals surface area contributed by atoms with Gasteiger partial charge in [-0.15, -0.1) is 0 Å². The van der Waals surface area contributed by atoms with Gasteiger partial charge in [0.05, 0.1) is 0 Å². The predicted molar refractivity (Wildman–Crippen MR) is 55.2 cm³/mol. The molecule has 1 fully saturated rings. The maximum Gasteiger partial charge on any atom is 0.303 e. The highest BCUT2D eigenvalue weighted by atomic mass is 16.4. The molecular weight excluding hydrogens is 196 g/mol. The first-order chi connectivity index (χ1) is 6.99. The normalized spacial score (nSPS) is 23.9. The third-order valence-electron chi connectivity index (χ3n) is 2.85. The summed E-state index contributed by atoms with van der Waals surface area (Å²) in [7, 11) is 0. The van der Waals surface area contributed by atoms with E-state index in [4.69, 9.17) is 10.8 Å². The van der Waals surface area contributed by atoms with Crippen LogP contribution in [0.25, 0.3) is 0 Å². The highest BCUT2D eigenvalue weighted by molar-refractivity contribution is 5.76. The van der Waals surface area contributed by atoms with Crippen LogP contribution >= 0.6 is 0 Å². The number of amides is 1. The summed E-state index contributed by atoms with van der Waals surface area (Å²) in [6, 6.07) is 0. The van der Waals surface area contributed by atoms with Crippen LogP contribution in [0.2, 0.25) is 0 Å². The van der Waals surface area contributed by atoms with Gasteiger partial charge in [-0.25, -0.2) is 0 Å². The van der Waals surface area contributed by atoms with Crippen LogP contribution in [-0.2, 0) is 9.59 Å². The summed E-state index contributed by atoms with van der Waals surface area (Å²) in [5.41, 5.74) is 5.17. The van der Waals surface area contributed by atoms with Crippen LogP contribution in [-0.4, -0.2) is 41.5 Å². The minimum atomic E-state index is -0.746. The lowest BCUT2D eigenvalue weighted by molar-refractivity contribution is -0.138. The Kier molecular flexibility index (Phi) is 4.08. The fraction of sp³-hybridized carbons (Fsp3) is 0.800. The molecule has 0 aromatic carbocycles. The van der Waals surface area contributed by atoms with Crippen molar-refractivity contribution >= 4 is 11.9 Å². The molecule has 2 unspecified atom stereocenters. The molecule has 1 amide bonds. The van der Waals surface area contributed by atoms with Crippen LogP contribution in [0.1, 0.15) is 19.8 Å². The molecule has 1 rings (SSSR count). The SMILES string of the molecule is CC(CN1CCC(CC(=O)O)C1)C(N)=O. The van der Waals surface area contributed by atoms with Crippen molar-refractivity contribution in [1.82, 2.24) is 4.90 Å². The van der Waals surface area contributed by atoms with Gasteiger partial charge in [-0.1, -0.05) is 6.92 Å². The third-order valence-corrected chi connectivity index (χ3v) is 2.85. The summed E-state index contributed by atoms with van der Waals surface area (Å²) >= 11 is 0. The van der Waals surface area contributed by atoms with E-state index in [9.17, 15) is 9.59 Å². The molecule has 1 aliphatic heterocycles. The number of likely N-dealkylation sites (tertiary alicyclic amines) is 1. The first-order valence-corrected chi connectivity index (χ1v) is 5.22. The predicted octanol–water partition coefficient (Wildman–Crippen LogP) is -0.0956. The van der Waals surface area contributed by atoms with E-state index in [1.54, 1.807) is 6.92 Å². The molecule has 0 aromatic heterocycles. The first kappa shape index (κ1) is 12.0. The summed E-state index contributed by atoms with van der Waals surface area (Å²) < 4.78 is 0. The average molecular weight is 214 g/mol. The van der Waals surface area contributed by atoms with Crippen molar-refractivity contribution in [1.29, 1.82) is 0 Å². The number of rotatable bonds is 5. The maximum atomic E-state index is 10.8. The fourth-order valence-corrected chi connectivity index (χ4v) is 1.97. The first-order valence-electron chi connectivity index (χ1n) is 5.22. The van der Waals surface area contributed by atoms with Gasteiger partial charge in [0.15, 0.2) is 0 Å². The molecule has 86 valence electrons. The van der Waals surface area contributed by atoms with E-state index in [1.807, 2.05) is 0 Å². The lowest BCUT2D eigenvalue weighted by atomic mass is 10.1. The van der Waals surface area contributed by atoms with E-state index in [0.29, 0.717) is 6.54 Å². The Morgan fingerprint density at radius 1 is 1.60 bits per heavy atom. The van der Waals surface area contributed by atoms with Gasteiger partial charge in [-0.05, 0) is 18.9 Å². The van der Waals surface area contributed by atoms with Crippen molar-refractivity contribution in [2.45, 2.75) is 19.8 Å². The van der Waals surface area contributed by atoms with Crippen molar-refractivity contribution in [3.05, 3.63) is 0 Å². The van der Waals surface area contributed by atoms with Crippen LogP contribution in [0.4, 0.5) is 0 Å².